The Hall–Kier alpha value is -0.610. The largest absolute Gasteiger partial charge is 0.368 e. The van der Waals surface area contributed by atoms with E-state index in [1.807, 2.05) is 0 Å². The molecule has 0 aromatic heterocycles. The first-order valence-corrected chi connectivity index (χ1v) is 6.67. The average Bonchev–Trinajstić information content (AvgIpc) is 2.27. The number of carbonyl (C=O) groups is 1. The normalized spacial score (nSPS) is 18.1. The number of piperidine rings is 1. The number of hydrogen-bond donors (Lipinski definition) is 2. The van der Waals surface area contributed by atoms with Crippen molar-refractivity contribution in [1.29, 1.82) is 0 Å². The minimum atomic E-state index is -0.122. The van der Waals surface area contributed by atoms with Crippen molar-refractivity contribution in [3.05, 3.63) is 0 Å². The lowest BCUT2D eigenvalue weighted by Crippen LogP contribution is -2.45. The molecule has 0 atom stereocenters. The standard InChI is InChI=1S/C13H26N2O2/c1-4-7-13(2,3)15-12(16)10-17-11-5-8-14-9-6-11/h11,14H,4-10H2,1-3H3,(H,15,16). The van der Waals surface area contributed by atoms with Gasteiger partial charge in [0.05, 0.1) is 6.10 Å². The number of ether oxygens (including phenoxy) is 1. The highest BCUT2D eigenvalue weighted by atomic mass is 16.5. The second-order valence-corrected chi connectivity index (χ2v) is 5.44. The van der Waals surface area contributed by atoms with Crippen LogP contribution in [-0.4, -0.2) is 37.2 Å². The van der Waals surface area contributed by atoms with E-state index in [1.165, 1.54) is 0 Å². The van der Waals surface area contributed by atoms with Crippen LogP contribution in [0.2, 0.25) is 0 Å². The average molecular weight is 242 g/mol. The van der Waals surface area contributed by atoms with Crippen molar-refractivity contribution in [2.24, 2.45) is 0 Å². The molecule has 0 aromatic carbocycles. The lowest BCUT2D eigenvalue weighted by atomic mass is 9.99. The smallest absolute Gasteiger partial charge is 0.246 e. The molecule has 1 amide bonds. The van der Waals surface area contributed by atoms with Crippen LogP contribution in [0.1, 0.15) is 46.5 Å². The number of nitrogens with one attached hydrogen (secondary N) is 2. The van der Waals surface area contributed by atoms with Gasteiger partial charge >= 0.3 is 0 Å². The minimum Gasteiger partial charge on any atom is -0.368 e. The highest BCUT2D eigenvalue weighted by Gasteiger charge is 2.20. The third-order valence-corrected chi connectivity index (χ3v) is 3.09. The highest BCUT2D eigenvalue weighted by molar-refractivity contribution is 5.77. The Bertz CT molecular complexity index is 236. The zero-order valence-electron chi connectivity index (χ0n) is 11.3. The summed E-state index contributed by atoms with van der Waals surface area (Å²) in [6.07, 6.45) is 4.32. The summed E-state index contributed by atoms with van der Waals surface area (Å²) in [6.45, 7) is 8.41. The molecule has 2 N–H and O–H groups in total. The molecule has 0 bridgehead atoms. The van der Waals surface area contributed by atoms with Crippen LogP contribution in [0, 0.1) is 0 Å². The molecule has 1 aliphatic heterocycles. The van der Waals surface area contributed by atoms with E-state index >= 15 is 0 Å². The van der Waals surface area contributed by atoms with Gasteiger partial charge in [-0.15, -0.1) is 0 Å². The van der Waals surface area contributed by atoms with Gasteiger partial charge in [0.25, 0.3) is 0 Å². The lowest BCUT2D eigenvalue weighted by Gasteiger charge is -2.27. The monoisotopic (exact) mass is 242 g/mol. The summed E-state index contributed by atoms with van der Waals surface area (Å²) in [7, 11) is 0. The van der Waals surface area contributed by atoms with Crippen LogP contribution in [-0.2, 0) is 9.53 Å². The molecule has 100 valence electrons. The van der Waals surface area contributed by atoms with Crippen LogP contribution >= 0.6 is 0 Å². The summed E-state index contributed by atoms with van der Waals surface area (Å²) in [5.41, 5.74) is -0.122. The molecule has 0 aliphatic carbocycles. The summed E-state index contributed by atoms with van der Waals surface area (Å²) in [4.78, 5) is 11.7. The second-order valence-electron chi connectivity index (χ2n) is 5.44. The quantitative estimate of drug-likeness (QED) is 0.741. The first-order chi connectivity index (χ1) is 8.03. The van der Waals surface area contributed by atoms with Crippen molar-refractivity contribution in [1.82, 2.24) is 10.6 Å². The van der Waals surface area contributed by atoms with Crippen molar-refractivity contribution in [2.75, 3.05) is 19.7 Å². The summed E-state index contributed by atoms with van der Waals surface area (Å²) in [6, 6.07) is 0. The van der Waals surface area contributed by atoms with Crippen molar-refractivity contribution in [3.8, 4) is 0 Å². The van der Waals surface area contributed by atoms with Gasteiger partial charge in [0, 0.05) is 5.54 Å². The first kappa shape index (κ1) is 14.5. The highest BCUT2D eigenvalue weighted by Crippen LogP contribution is 2.11. The summed E-state index contributed by atoms with van der Waals surface area (Å²) >= 11 is 0. The predicted octanol–water partition coefficient (Wildman–Crippen LogP) is 1.45. The van der Waals surface area contributed by atoms with Gasteiger partial charge in [-0.3, -0.25) is 4.79 Å². The predicted molar refractivity (Wildman–Crippen MR) is 69.0 cm³/mol. The van der Waals surface area contributed by atoms with Crippen molar-refractivity contribution < 1.29 is 9.53 Å². The molecule has 0 unspecified atom stereocenters. The Morgan fingerprint density at radius 2 is 2.06 bits per heavy atom. The maximum Gasteiger partial charge on any atom is 0.246 e. The van der Waals surface area contributed by atoms with E-state index in [2.05, 4.69) is 31.4 Å². The van der Waals surface area contributed by atoms with E-state index in [4.69, 9.17) is 4.74 Å². The summed E-state index contributed by atoms with van der Waals surface area (Å²) in [5.74, 6) is 0.00184. The van der Waals surface area contributed by atoms with Crippen molar-refractivity contribution in [2.45, 2.75) is 58.1 Å². The number of hydrogen-bond acceptors (Lipinski definition) is 3. The van der Waals surface area contributed by atoms with Crippen LogP contribution in [0.15, 0.2) is 0 Å². The van der Waals surface area contributed by atoms with Crippen molar-refractivity contribution in [3.63, 3.8) is 0 Å². The molecular weight excluding hydrogens is 216 g/mol. The molecule has 4 heteroatoms. The molecule has 0 aromatic rings. The van der Waals surface area contributed by atoms with Gasteiger partial charge in [0.1, 0.15) is 6.61 Å². The Kier molecular flexibility index (Phi) is 5.92. The Labute approximate surface area is 104 Å². The zero-order valence-corrected chi connectivity index (χ0v) is 11.3. The molecule has 1 fully saturated rings. The molecule has 1 heterocycles. The van der Waals surface area contributed by atoms with E-state index in [9.17, 15) is 4.79 Å². The maximum absolute atomic E-state index is 11.7. The Morgan fingerprint density at radius 1 is 1.41 bits per heavy atom. The van der Waals surface area contributed by atoms with Crippen molar-refractivity contribution >= 4 is 5.91 Å². The van der Waals surface area contributed by atoms with Crippen LogP contribution in [0.25, 0.3) is 0 Å². The lowest BCUT2D eigenvalue weighted by molar-refractivity contribution is -0.129. The van der Waals surface area contributed by atoms with E-state index in [1.54, 1.807) is 0 Å². The van der Waals surface area contributed by atoms with E-state index in [0.29, 0.717) is 0 Å². The fourth-order valence-electron chi connectivity index (χ4n) is 2.26. The Morgan fingerprint density at radius 3 is 2.65 bits per heavy atom. The van der Waals surface area contributed by atoms with Gasteiger partial charge in [-0.05, 0) is 46.2 Å². The Balaban J connectivity index is 2.20. The molecule has 0 saturated carbocycles. The first-order valence-electron chi connectivity index (χ1n) is 6.67. The SMILES string of the molecule is CCCC(C)(C)NC(=O)COC1CCNCC1. The van der Waals surface area contributed by atoms with Gasteiger partial charge < -0.3 is 15.4 Å². The van der Waals surface area contributed by atoms with Crippen LogP contribution < -0.4 is 10.6 Å². The molecule has 1 rings (SSSR count). The van der Waals surface area contributed by atoms with E-state index in [0.717, 1.165) is 38.8 Å². The van der Waals surface area contributed by atoms with Crippen LogP contribution in [0.5, 0.6) is 0 Å². The van der Waals surface area contributed by atoms with Crippen LogP contribution in [0.3, 0.4) is 0 Å². The molecule has 17 heavy (non-hydrogen) atoms. The molecular formula is C13H26N2O2. The minimum absolute atomic E-state index is 0.00184. The maximum atomic E-state index is 11.7. The van der Waals surface area contributed by atoms with Gasteiger partial charge in [0.2, 0.25) is 5.91 Å². The second kappa shape index (κ2) is 6.97. The topological polar surface area (TPSA) is 50.4 Å². The fourth-order valence-corrected chi connectivity index (χ4v) is 2.26. The van der Waals surface area contributed by atoms with Gasteiger partial charge in [0.15, 0.2) is 0 Å². The van der Waals surface area contributed by atoms with E-state index < -0.39 is 0 Å². The molecule has 0 radical (unpaired) electrons. The van der Waals surface area contributed by atoms with Gasteiger partial charge in [-0.1, -0.05) is 13.3 Å². The summed E-state index contributed by atoms with van der Waals surface area (Å²) in [5, 5.41) is 6.29. The number of carbonyl (C=O) groups excluding carboxylic acids is 1. The third-order valence-electron chi connectivity index (χ3n) is 3.09. The molecule has 1 aliphatic rings. The van der Waals surface area contributed by atoms with Gasteiger partial charge in [-0.25, -0.2) is 0 Å². The van der Waals surface area contributed by atoms with E-state index in [-0.39, 0.29) is 24.2 Å². The fraction of sp³-hybridized carbons (Fsp3) is 0.923. The molecule has 0 spiro atoms. The zero-order chi connectivity index (χ0) is 12.7. The number of rotatable bonds is 6. The molecule has 4 nitrogen and oxygen atoms in total. The van der Waals surface area contributed by atoms with Gasteiger partial charge in [-0.2, -0.15) is 0 Å². The van der Waals surface area contributed by atoms with Crippen LogP contribution in [0.4, 0.5) is 0 Å². The third kappa shape index (κ3) is 6.03. The number of amides is 1. The molecule has 1 saturated heterocycles. The summed E-state index contributed by atoms with van der Waals surface area (Å²) < 4.78 is 5.62.